The third kappa shape index (κ3) is 5.77. The quantitative estimate of drug-likeness (QED) is 0.643. The van der Waals surface area contributed by atoms with Crippen LogP contribution in [-0.4, -0.2) is 29.3 Å². The first-order valence-corrected chi connectivity index (χ1v) is 7.80. The summed E-state index contributed by atoms with van der Waals surface area (Å²) in [5.74, 6) is 0.498. The van der Waals surface area contributed by atoms with Crippen LogP contribution in [0.5, 0.6) is 0 Å². The Kier molecular flexibility index (Phi) is 7.92. The van der Waals surface area contributed by atoms with Crippen LogP contribution in [0, 0.1) is 0 Å². The summed E-state index contributed by atoms with van der Waals surface area (Å²) < 4.78 is 16.5. The minimum Gasteiger partial charge on any atom is -0.371 e. The summed E-state index contributed by atoms with van der Waals surface area (Å²) in [4.78, 5) is 0. The van der Waals surface area contributed by atoms with E-state index in [2.05, 4.69) is 31.2 Å². The molecule has 1 aromatic carbocycles. The fraction of sp³-hybridized carbons (Fsp3) is 0.571. The normalized spacial score (nSPS) is 12.9. The van der Waals surface area contributed by atoms with Gasteiger partial charge in [-0.3, -0.25) is 0 Å². The van der Waals surface area contributed by atoms with Gasteiger partial charge < -0.3 is 13.3 Å². The van der Waals surface area contributed by atoms with Crippen LogP contribution in [0.1, 0.15) is 38.7 Å². The van der Waals surface area contributed by atoms with Crippen molar-refractivity contribution in [3.63, 3.8) is 0 Å². The first-order valence-electron chi connectivity index (χ1n) is 6.58. The lowest BCUT2D eigenvalue weighted by Gasteiger charge is -2.15. The second-order valence-electron chi connectivity index (χ2n) is 4.06. The van der Waals surface area contributed by atoms with Crippen molar-refractivity contribution >= 4 is 9.53 Å². The molecule has 1 unspecified atom stereocenters. The lowest BCUT2D eigenvalue weighted by molar-refractivity contribution is 0.0996. The molecular formula is C14H23O3Si. The monoisotopic (exact) mass is 267 g/mol. The summed E-state index contributed by atoms with van der Waals surface area (Å²) in [6.45, 7) is 8.10. The molecular weight excluding hydrogens is 244 g/mol. The minimum absolute atomic E-state index is 0.498. The molecule has 101 valence electrons. The Balaban J connectivity index is 2.27. The molecule has 1 aromatic rings. The van der Waals surface area contributed by atoms with Crippen LogP contribution in [0.15, 0.2) is 30.3 Å². The Morgan fingerprint density at radius 2 is 1.61 bits per heavy atom. The minimum atomic E-state index is -1.52. The molecule has 1 atom stereocenters. The highest BCUT2D eigenvalue weighted by Gasteiger charge is 2.17. The first-order chi connectivity index (χ1) is 8.77. The van der Waals surface area contributed by atoms with Crippen molar-refractivity contribution in [3.8, 4) is 0 Å². The van der Waals surface area contributed by atoms with Gasteiger partial charge in [-0.1, -0.05) is 37.3 Å². The van der Waals surface area contributed by atoms with E-state index in [-0.39, 0.29) is 0 Å². The van der Waals surface area contributed by atoms with E-state index in [1.807, 2.05) is 19.9 Å². The van der Waals surface area contributed by atoms with Crippen molar-refractivity contribution in [2.45, 2.75) is 33.1 Å². The van der Waals surface area contributed by atoms with Gasteiger partial charge in [-0.25, -0.2) is 0 Å². The van der Waals surface area contributed by atoms with E-state index in [4.69, 9.17) is 13.3 Å². The summed E-state index contributed by atoms with van der Waals surface area (Å²) in [6.07, 6.45) is 0.984. The van der Waals surface area contributed by atoms with Crippen LogP contribution >= 0.6 is 0 Å². The Morgan fingerprint density at radius 3 is 2.17 bits per heavy atom. The number of hydrogen-bond donors (Lipinski definition) is 0. The second kappa shape index (κ2) is 9.27. The van der Waals surface area contributed by atoms with E-state index in [0.717, 1.165) is 6.42 Å². The largest absolute Gasteiger partial charge is 0.577 e. The Bertz CT molecular complexity index is 299. The summed E-state index contributed by atoms with van der Waals surface area (Å²) in [5.41, 5.74) is 1.35. The van der Waals surface area contributed by atoms with Crippen molar-refractivity contribution in [2.75, 3.05) is 19.8 Å². The predicted molar refractivity (Wildman–Crippen MR) is 74.4 cm³/mol. The Labute approximate surface area is 112 Å². The molecule has 0 bridgehead atoms. The first kappa shape index (κ1) is 15.4. The second-order valence-corrected chi connectivity index (χ2v) is 5.43. The molecule has 0 aliphatic heterocycles. The SMILES string of the molecule is CCO[Si](OCC)OCCC(C)c1ccccc1. The molecule has 0 aromatic heterocycles. The molecule has 0 saturated heterocycles. The van der Waals surface area contributed by atoms with Crippen molar-refractivity contribution < 1.29 is 13.3 Å². The summed E-state index contributed by atoms with van der Waals surface area (Å²) in [7, 11) is -1.52. The number of benzene rings is 1. The van der Waals surface area contributed by atoms with Crippen LogP contribution in [0.25, 0.3) is 0 Å². The van der Waals surface area contributed by atoms with E-state index in [1.165, 1.54) is 5.56 Å². The van der Waals surface area contributed by atoms with Gasteiger partial charge in [-0.2, -0.15) is 0 Å². The fourth-order valence-electron chi connectivity index (χ4n) is 1.63. The van der Waals surface area contributed by atoms with Crippen LogP contribution in [-0.2, 0) is 13.3 Å². The van der Waals surface area contributed by atoms with Gasteiger partial charge in [-0.15, -0.1) is 0 Å². The van der Waals surface area contributed by atoms with Crippen molar-refractivity contribution in [2.24, 2.45) is 0 Å². The molecule has 3 nitrogen and oxygen atoms in total. The van der Waals surface area contributed by atoms with E-state index in [0.29, 0.717) is 25.7 Å². The highest BCUT2D eigenvalue weighted by atomic mass is 28.3. The zero-order chi connectivity index (χ0) is 13.2. The van der Waals surface area contributed by atoms with E-state index in [9.17, 15) is 0 Å². The summed E-state index contributed by atoms with van der Waals surface area (Å²) in [6, 6.07) is 10.5. The zero-order valence-electron chi connectivity index (χ0n) is 11.5. The molecule has 0 aliphatic rings. The van der Waals surface area contributed by atoms with Crippen LogP contribution in [0.3, 0.4) is 0 Å². The number of hydrogen-bond acceptors (Lipinski definition) is 3. The van der Waals surface area contributed by atoms with Gasteiger partial charge in [0.25, 0.3) is 0 Å². The molecule has 0 spiro atoms. The molecule has 18 heavy (non-hydrogen) atoms. The molecule has 0 N–H and O–H groups in total. The molecule has 0 aliphatic carbocycles. The molecule has 1 rings (SSSR count). The van der Waals surface area contributed by atoms with E-state index >= 15 is 0 Å². The molecule has 0 fully saturated rings. The van der Waals surface area contributed by atoms with Gasteiger partial charge in [0.1, 0.15) is 0 Å². The molecule has 0 saturated carbocycles. The topological polar surface area (TPSA) is 27.7 Å². The van der Waals surface area contributed by atoms with Gasteiger partial charge in [0.2, 0.25) is 0 Å². The number of rotatable bonds is 9. The van der Waals surface area contributed by atoms with E-state index in [1.54, 1.807) is 0 Å². The molecule has 0 heterocycles. The maximum absolute atomic E-state index is 5.67. The lowest BCUT2D eigenvalue weighted by atomic mass is 9.99. The Hall–Kier alpha value is -0.683. The van der Waals surface area contributed by atoms with Gasteiger partial charge in [0, 0.05) is 19.8 Å². The maximum Gasteiger partial charge on any atom is 0.577 e. The predicted octanol–water partition coefficient (Wildman–Crippen LogP) is 3.25. The van der Waals surface area contributed by atoms with Gasteiger partial charge in [0.05, 0.1) is 0 Å². The summed E-state index contributed by atoms with van der Waals surface area (Å²) >= 11 is 0. The molecule has 4 heteroatoms. The van der Waals surface area contributed by atoms with Gasteiger partial charge >= 0.3 is 9.53 Å². The third-order valence-electron chi connectivity index (χ3n) is 2.66. The Morgan fingerprint density at radius 1 is 1.00 bits per heavy atom. The van der Waals surface area contributed by atoms with Crippen LogP contribution in [0.2, 0.25) is 0 Å². The third-order valence-corrected chi connectivity index (χ3v) is 4.15. The van der Waals surface area contributed by atoms with Gasteiger partial charge in [-0.05, 0) is 31.7 Å². The zero-order valence-corrected chi connectivity index (χ0v) is 12.5. The average molecular weight is 267 g/mol. The fourth-order valence-corrected chi connectivity index (χ4v) is 2.63. The smallest absolute Gasteiger partial charge is 0.371 e. The van der Waals surface area contributed by atoms with Crippen molar-refractivity contribution in [1.82, 2.24) is 0 Å². The van der Waals surface area contributed by atoms with Crippen molar-refractivity contribution in [3.05, 3.63) is 35.9 Å². The molecule has 0 amide bonds. The van der Waals surface area contributed by atoms with E-state index < -0.39 is 9.53 Å². The average Bonchev–Trinajstić information content (AvgIpc) is 2.40. The molecule has 1 radical (unpaired) electrons. The standard InChI is InChI=1S/C14H23O3Si/c1-4-15-18(16-5-2)17-12-11-13(3)14-9-7-6-8-10-14/h6-10,13H,4-5,11-12H2,1-3H3. The highest BCUT2D eigenvalue weighted by Crippen LogP contribution is 2.18. The van der Waals surface area contributed by atoms with Gasteiger partial charge in [0.15, 0.2) is 0 Å². The lowest BCUT2D eigenvalue weighted by Crippen LogP contribution is -2.28. The van der Waals surface area contributed by atoms with Crippen molar-refractivity contribution in [1.29, 1.82) is 0 Å². The summed E-state index contributed by atoms with van der Waals surface area (Å²) in [5, 5.41) is 0. The maximum atomic E-state index is 5.67. The van der Waals surface area contributed by atoms with Crippen LogP contribution in [0.4, 0.5) is 0 Å². The van der Waals surface area contributed by atoms with Crippen LogP contribution < -0.4 is 0 Å². The highest BCUT2D eigenvalue weighted by molar-refractivity contribution is 6.36.